The molecule has 6 rings (SSSR count). The lowest BCUT2D eigenvalue weighted by atomic mass is 9.89. The Kier molecular flexibility index (Phi) is 3.74. The van der Waals surface area contributed by atoms with Crippen LogP contribution in [0.5, 0.6) is 11.5 Å². The Bertz CT molecular complexity index is 1480. The number of anilines is 2. The second kappa shape index (κ2) is 6.53. The van der Waals surface area contributed by atoms with Crippen molar-refractivity contribution in [1.29, 1.82) is 0 Å². The molecule has 0 unspecified atom stereocenters. The molecule has 0 radical (unpaired) electrons. The van der Waals surface area contributed by atoms with Gasteiger partial charge in [0.2, 0.25) is 0 Å². The predicted octanol–water partition coefficient (Wildman–Crippen LogP) is 6.49. The Labute approximate surface area is 184 Å². The minimum atomic E-state index is 0.0950. The number of phenolic OH excluding ortho intramolecular Hbond substituents is 2. The Morgan fingerprint density at radius 3 is 1.06 bits per heavy atom. The zero-order valence-electron chi connectivity index (χ0n) is 17.1. The maximum atomic E-state index is 9.77. The zero-order chi connectivity index (χ0) is 22.0. The fourth-order valence-electron chi connectivity index (χ4n) is 4.64. The summed E-state index contributed by atoms with van der Waals surface area (Å²) in [5.74, 6) is 0.190. The molecule has 0 aliphatic rings. The molecule has 0 aliphatic heterocycles. The van der Waals surface area contributed by atoms with E-state index >= 15 is 0 Å². The fraction of sp³-hybridized carbons (Fsp3) is 0. The second-order valence-corrected chi connectivity index (χ2v) is 8.27. The summed E-state index contributed by atoms with van der Waals surface area (Å²) < 4.78 is 0. The van der Waals surface area contributed by atoms with Gasteiger partial charge >= 0.3 is 0 Å². The number of nitrogens with two attached hydrogens (primary N) is 2. The topological polar surface area (TPSA) is 92.5 Å². The maximum Gasteiger partial charge on any atom is 0.138 e. The van der Waals surface area contributed by atoms with Crippen molar-refractivity contribution in [2.45, 2.75) is 0 Å². The van der Waals surface area contributed by atoms with Crippen LogP contribution in [0.15, 0.2) is 84.9 Å². The number of hydrogen-bond acceptors (Lipinski definition) is 4. The van der Waals surface area contributed by atoms with Crippen LogP contribution in [-0.4, -0.2) is 10.2 Å². The molecule has 0 saturated carbocycles. The Morgan fingerprint density at radius 2 is 0.750 bits per heavy atom. The third-order valence-electron chi connectivity index (χ3n) is 6.26. The van der Waals surface area contributed by atoms with Gasteiger partial charge in [-0.1, -0.05) is 36.4 Å². The summed E-state index contributed by atoms with van der Waals surface area (Å²) in [7, 11) is 0. The highest BCUT2D eigenvalue weighted by Gasteiger charge is 2.13. The lowest BCUT2D eigenvalue weighted by Crippen LogP contribution is -1.90. The first-order valence-electron chi connectivity index (χ1n) is 10.4. The average molecular weight is 416 g/mol. The standard InChI is InChI=1S/C28H20N2O2/c29-23-13-15(5-7-25(23)31)21-9-17-1-2-18-10-22(16-6-8-26(32)24(30)14-16)12-20-4-3-19(11-21)27(17)28(18)20/h1-14,31-32H,29-30H2. The van der Waals surface area contributed by atoms with Crippen molar-refractivity contribution in [2.24, 2.45) is 0 Å². The van der Waals surface area contributed by atoms with Crippen molar-refractivity contribution in [3.05, 3.63) is 84.9 Å². The number of phenols is 2. The highest BCUT2D eigenvalue weighted by molar-refractivity contribution is 6.24. The van der Waals surface area contributed by atoms with Crippen LogP contribution in [0.25, 0.3) is 54.6 Å². The molecule has 0 amide bonds. The first kappa shape index (κ1) is 18.3. The van der Waals surface area contributed by atoms with E-state index in [0.29, 0.717) is 11.4 Å². The third kappa shape index (κ3) is 2.70. The molecule has 0 bridgehead atoms. The first-order chi connectivity index (χ1) is 15.5. The fourth-order valence-corrected chi connectivity index (χ4v) is 4.64. The Morgan fingerprint density at radius 1 is 0.406 bits per heavy atom. The van der Waals surface area contributed by atoms with Crippen molar-refractivity contribution in [2.75, 3.05) is 11.5 Å². The summed E-state index contributed by atoms with van der Waals surface area (Å²) in [6.45, 7) is 0. The van der Waals surface area contributed by atoms with Gasteiger partial charge in [0.25, 0.3) is 0 Å². The van der Waals surface area contributed by atoms with Crippen molar-refractivity contribution < 1.29 is 10.2 Å². The van der Waals surface area contributed by atoms with Crippen LogP contribution in [0.2, 0.25) is 0 Å². The highest BCUT2D eigenvalue weighted by Crippen LogP contribution is 2.40. The smallest absolute Gasteiger partial charge is 0.138 e. The van der Waals surface area contributed by atoms with Gasteiger partial charge in [-0.3, -0.25) is 0 Å². The molecule has 0 spiro atoms. The number of rotatable bonds is 2. The van der Waals surface area contributed by atoms with E-state index in [1.54, 1.807) is 24.3 Å². The van der Waals surface area contributed by atoms with Gasteiger partial charge in [-0.05, 0) is 103 Å². The molecule has 32 heavy (non-hydrogen) atoms. The normalized spacial score (nSPS) is 11.6. The minimum absolute atomic E-state index is 0.0950. The van der Waals surface area contributed by atoms with Gasteiger partial charge < -0.3 is 21.7 Å². The monoisotopic (exact) mass is 416 g/mol. The van der Waals surface area contributed by atoms with Crippen LogP contribution in [0.1, 0.15) is 0 Å². The summed E-state index contributed by atoms with van der Waals surface area (Å²) in [5, 5.41) is 26.6. The quantitative estimate of drug-likeness (QED) is 0.147. The molecule has 6 N–H and O–H groups in total. The molecule has 154 valence electrons. The molecule has 6 aromatic carbocycles. The first-order valence-corrected chi connectivity index (χ1v) is 10.4. The number of hydrogen-bond donors (Lipinski definition) is 4. The van der Waals surface area contributed by atoms with Crippen molar-refractivity contribution in [1.82, 2.24) is 0 Å². The third-order valence-corrected chi connectivity index (χ3v) is 6.26. The van der Waals surface area contributed by atoms with Crippen LogP contribution in [0, 0.1) is 0 Å². The van der Waals surface area contributed by atoms with Crippen LogP contribution < -0.4 is 11.5 Å². The van der Waals surface area contributed by atoms with Gasteiger partial charge in [0.05, 0.1) is 11.4 Å². The van der Waals surface area contributed by atoms with E-state index in [2.05, 4.69) is 48.5 Å². The molecular weight excluding hydrogens is 396 g/mol. The average Bonchev–Trinajstić information content (AvgIpc) is 2.80. The molecule has 0 atom stereocenters. The van der Waals surface area contributed by atoms with E-state index in [1.807, 2.05) is 12.1 Å². The van der Waals surface area contributed by atoms with Crippen molar-refractivity contribution in [3.8, 4) is 33.8 Å². The molecule has 0 aromatic heterocycles. The van der Waals surface area contributed by atoms with E-state index in [0.717, 1.165) is 43.8 Å². The van der Waals surface area contributed by atoms with Crippen LogP contribution in [0.3, 0.4) is 0 Å². The SMILES string of the molecule is Nc1cc(-c2cc3ccc4cc(-c5ccc(O)c(N)c5)cc5ccc(c2)c3c45)ccc1O. The summed E-state index contributed by atoms with van der Waals surface area (Å²) in [6, 6.07) is 27.9. The summed E-state index contributed by atoms with van der Waals surface area (Å²) in [6.07, 6.45) is 0. The molecule has 4 heteroatoms. The molecule has 0 heterocycles. The summed E-state index contributed by atoms with van der Waals surface area (Å²) >= 11 is 0. The Hall–Kier alpha value is -4.44. The van der Waals surface area contributed by atoms with E-state index < -0.39 is 0 Å². The molecule has 0 fully saturated rings. The predicted molar refractivity (Wildman–Crippen MR) is 133 cm³/mol. The molecule has 4 nitrogen and oxygen atoms in total. The molecule has 0 saturated heterocycles. The molecule has 6 aromatic rings. The van der Waals surface area contributed by atoms with Crippen molar-refractivity contribution in [3.63, 3.8) is 0 Å². The molecule has 0 aliphatic carbocycles. The summed E-state index contributed by atoms with van der Waals surface area (Å²) in [5.41, 5.74) is 16.6. The van der Waals surface area contributed by atoms with Gasteiger partial charge in [0.15, 0.2) is 0 Å². The minimum Gasteiger partial charge on any atom is -0.506 e. The Balaban J connectivity index is 1.58. The van der Waals surface area contributed by atoms with Gasteiger partial charge in [-0.2, -0.15) is 0 Å². The highest BCUT2D eigenvalue weighted by atomic mass is 16.3. The van der Waals surface area contributed by atoms with Gasteiger partial charge in [0.1, 0.15) is 11.5 Å². The van der Waals surface area contributed by atoms with Crippen LogP contribution in [0.4, 0.5) is 11.4 Å². The lowest BCUT2D eigenvalue weighted by Gasteiger charge is -2.15. The van der Waals surface area contributed by atoms with Crippen LogP contribution in [-0.2, 0) is 0 Å². The number of benzene rings is 6. The summed E-state index contributed by atoms with van der Waals surface area (Å²) in [4.78, 5) is 0. The van der Waals surface area contributed by atoms with Gasteiger partial charge in [-0.25, -0.2) is 0 Å². The molecular formula is C28H20N2O2. The largest absolute Gasteiger partial charge is 0.506 e. The van der Waals surface area contributed by atoms with Crippen LogP contribution >= 0.6 is 0 Å². The van der Waals surface area contributed by atoms with E-state index in [-0.39, 0.29) is 11.5 Å². The number of aromatic hydroxyl groups is 2. The number of nitrogen functional groups attached to an aromatic ring is 2. The lowest BCUT2D eigenvalue weighted by molar-refractivity contribution is 0.477. The van der Waals surface area contributed by atoms with Gasteiger partial charge in [0, 0.05) is 0 Å². The second-order valence-electron chi connectivity index (χ2n) is 8.27. The maximum absolute atomic E-state index is 9.77. The van der Waals surface area contributed by atoms with Gasteiger partial charge in [-0.15, -0.1) is 0 Å². The van der Waals surface area contributed by atoms with E-state index in [4.69, 9.17) is 11.5 Å². The van der Waals surface area contributed by atoms with Crippen molar-refractivity contribution >= 4 is 43.7 Å². The van der Waals surface area contributed by atoms with E-state index in [1.165, 1.54) is 10.8 Å². The van der Waals surface area contributed by atoms with E-state index in [9.17, 15) is 10.2 Å². The zero-order valence-corrected chi connectivity index (χ0v) is 17.1.